The maximum atomic E-state index is 5.98. The molecule has 0 bridgehead atoms. The number of nitrogens with one attached hydrogen (secondary N) is 1. The lowest BCUT2D eigenvalue weighted by Gasteiger charge is -2.15. The molecule has 0 radical (unpaired) electrons. The van der Waals surface area contributed by atoms with Gasteiger partial charge in [0.2, 0.25) is 0 Å². The predicted molar refractivity (Wildman–Crippen MR) is 109 cm³/mol. The van der Waals surface area contributed by atoms with Gasteiger partial charge < -0.3 is 16.0 Å². The van der Waals surface area contributed by atoms with Crippen molar-refractivity contribution in [1.29, 1.82) is 0 Å². The molecule has 0 amide bonds. The van der Waals surface area contributed by atoms with Crippen molar-refractivity contribution in [3.8, 4) is 0 Å². The molecule has 0 saturated carbocycles. The summed E-state index contributed by atoms with van der Waals surface area (Å²) in [4.78, 5) is 10.8. The largest absolute Gasteiger partial charge is 0.376 e. The summed E-state index contributed by atoms with van der Waals surface area (Å²) in [6, 6.07) is 10.1. The first-order chi connectivity index (χ1) is 10.5. The number of hydrogen-bond acceptors (Lipinski definition) is 3. The van der Waals surface area contributed by atoms with Crippen molar-refractivity contribution >= 4 is 41.3 Å². The molecule has 5 nitrogen and oxygen atoms in total. The fraction of sp³-hybridized carbons (Fsp3) is 0.294. The summed E-state index contributed by atoms with van der Waals surface area (Å²) in [6.45, 7) is 4.56. The van der Waals surface area contributed by atoms with Crippen LogP contribution in [0.5, 0.6) is 0 Å². The number of benzene rings is 1. The van der Waals surface area contributed by atoms with Crippen molar-refractivity contribution in [2.75, 3.05) is 24.3 Å². The molecule has 6 heteroatoms. The van der Waals surface area contributed by atoms with Crippen LogP contribution >= 0.6 is 24.0 Å². The van der Waals surface area contributed by atoms with Gasteiger partial charge in [0.05, 0.1) is 17.9 Å². The molecule has 2 rings (SSSR count). The Labute approximate surface area is 155 Å². The van der Waals surface area contributed by atoms with Crippen molar-refractivity contribution in [2.45, 2.75) is 20.4 Å². The molecule has 1 aromatic carbocycles. The Bertz CT molecular complexity index is 662. The Hall–Kier alpha value is -1.83. The molecular formula is C17H24IN5. The molecule has 0 spiro atoms. The molecule has 1 aromatic heterocycles. The van der Waals surface area contributed by atoms with E-state index in [9.17, 15) is 0 Å². The van der Waals surface area contributed by atoms with Gasteiger partial charge in [-0.15, -0.1) is 24.0 Å². The maximum absolute atomic E-state index is 5.98. The van der Waals surface area contributed by atoms with Crippen molar-refractivity contribution in [3.63, 3.8) is 0 Å². The summed E-state index contributed by atoms with van der Waals surface area (Å²) in [6.07, 6.45) is 1.77. The summed E-state index contributed by atoms with van der Waals surface area (Å²) in [7, 11) is 3.97. The molecular weight excluding hydrogens is 401 g/mol. The third-order valence-corrected chi connectivity index (χ3v) is 3.24. The molecule has 0 aliphatic heterocycles. The minimum atomic E-state index is 0. The fourth-order valence-electron chi connectivity index (χ4n) is 2.35. The zero-order chi connectivity index (χ0) is 16.1. The zero-order valence-electron chi connectivity index (χ0n) is 14.0. The van der Waals surface area contributed by atoms with E-state index in [1.165, 1.54) is 11.1 Å². The van der Waals surface area contributed by atoms with Gasteiger partial charge in [-0.05, 0) is 49.2 Å². The van der Waals surface area contributed by atoms with Crippen LogP contribution in [0.4, 0.5) is 11.4 Å². The first-order valence-electron chi connectivity index (χ1n) is 7.22. The lowest BCUT2D eigenvalue weighted by atomic mass is 10.1. The van der Waals surface area contributed by atoms with E-state index in [1.54, 1.807) is 6.20 Å². The van der Waals surface area contributed by atoms with E-state index < -0.39 is 0 Å². The smallest absolute Gasteiger partial charge is 0.193 e. The number of pyridine rings is 1. The Kier molecular flexibility index (Phi) is 7.28. The second-order valence-electron chi connectivity index (χ2n) is 5.57. The number of rotatable bonds is 4. The van der Waals surface area contributed by atoms with Gasteiger partial charge in [-0.2, -0.15) is 0 Å². The molecule has 0 fully saturated rings. The summed E-state index contributed by atoms with van der Waals surface area (Å²) in [5.74, 6) is 0.389. The zero-order valence-corrected chi connectivity index (χ0v) is 16.3. The van der Waals surface area contributed by atoms with E-state index in [0.29, 0.717) is 12.5 Å². The number of aromatic nitrogens is 1. The van der Waals surface area contributed by atoms with E-state index in [4.69, 9.17) is 5.73 Å². The van der Waals surface area contributed by atoms with Crippen LogP contribution in [0.15, 0.2) is 41.5 Å². The second-order valence-corrected chi connectivity index (χ2v) is 5.57. The molecule has 0 unspecified atom stereocenters. The third kappa shape index (κ3) is 5.70. The van der Waals surface area contributed by atoms with E-state index in [0.717, 1.165) is 17.1 Å². The van der Waals surface area contributed by atoms with Crippen LogP contribution in [0.25, 0.3) is 0 Å². The van der Waals surface area contributed by atoms with Crippen LogP contribution in [0, 0.1) is 13.8 Å². The second kappa shape index (κ2) is 8.71. The average Bonchev–Trinajstić information content (AvgIpc) is 2.44. The van der Waals surface area contributed by atoms with Gasteiger partial charge in [0.15, 0.2) is 5.96 Å². The number of guanidine groups is 1. The van der Waals surface area contributed by atoms with Crippen LogP contribution in [0.2, 0.25) is 0 Å². The molecule has 0 atom stereocenters. The molecule has 1 heterocycles. The van der Waals surface area contributed by atoms with Gasteiger partial charge in [0.25, 0.3) is 0 Å². The quantitative estimate of drug-likeness (QED) is 0.448. The minimum Gasteiger partial charge on any atom is -0.376 e. The molecule has 0 saturated heterocycles. The number of nitrogens with two attached hydrogens (primary N) is 1. The number of hydrogen-bond donors (Lipinski definition) is 2. The Balaban J connectivity index is 0.00000264. The van der Waals surface area contributed by atoms with Crippen molar-refractivity contribution in [1.82, 2.24) is 4.98 Å². The van der Waals surface area contributed by atoms with Gasteiger partial charge in [0.1, 0.15) is 0 Å². The van der Waals surface area contributed by atoms with Crippen LogP contribution in [0.1, 0.15) is 16.8 Å². The van der Waals surface area contributed by atoms with Crippen molar-refractivity contribution in [2.24, 2.45) is 10.7 Å². The van der Waals surface area contributed by atoms with E-state index in [2.05, 4.69) is 35.2 Å². The maximum Gasteiger partial charge on any atom is 0.193 e. The lowest BCUT2D eigenvalue weighted by Crippen LogP contribution is -2.23. The topological polar surface area (TPSA) is 66.5 Å². The van der Waals surface area contributed by atoms with Gasteiger partial charge in [-0.3, -0.25) is 4.98 Å². The molecule has 0 aliphatic carbocycles. The third-order valence-electron chi connectivity index (χ3n) is 3.24. The normalized spacial score (nSPS) is 10.9. The molecule has 124 valence electrons. The fourth-order valence-corrected chi connectivity index (χ4v) is 2.35. The highest BCUT2D eigenvalue weighted by Gasteiger charge is 2.05. The van der Waals surface area contributed by atoms with Crippen molar-refractivity contribution < 1.29 is 0 Å². The van der Waals surface area contributed by atoms with Gasteiger partial charge in [0, 0.05) is 26.0 Å². The Morgan fingerprint density at radius 1 is 1.22 bits per heavy atom. The number of anilines is 2. The predicted octanol–water partition coefficient (Wildman–Crippen LogP) is 3.31. The minimum absolute atomic E-state index is 0. The molecule has 3 N–H and O–H groups in total. The number of halogens is 1. The molecule has 23 heavy (non-hydrogen) atoms. The van der Waals surface area contributed by atoms with Gasteiger partial charge in [-0.1, -0.05) is 6.07 Å². The SMILES string of the molecule is Cc1cc(C)cc(NC(N)=NCc2ncccc2N(C)C)c1.I. The van der Waals surface area contributed by atoms with Crippen LogP contribution in [-0.4, -0.2) is 25.0 Å². The molecule has 2 aromatic rings. The highest BCUT2D eigenvalue weighted by Crippen LogP contribution is 2.16. The first kappa shape index (κ1) is 19.2. The van der Waals surface area contributed by atoms with Crippen LogP contribution < -0.4 is 16.0 Å². The Morgan fingerprint density at radius 2 is 1.87 bits per heavy atom. The Morgan fingerprint density at radius 3 is 2.48 bits per heavy atom. The van der Waals surface area contributed by atoms with Crippen molar-refractivity contribution in [3.05, 3.63) is 53.3 Å². The number of nitrogens with zero attached hydrogens (tertiary/aromatic N) is 3. The van der Waals surface area contributed by atoms with Crippen LogP contribution in [-0.2, 0) is 6.54 Å². The number of aliphatic imine (C=N–C) groups is 1. The van der Waals surface area contributed by atoms with Gasteiger partial charge in [-0.25, -0.2) is 4.99 Å². The number of aryl methyl sites for hydroxylation is 2. The van der Waals surface area contributed by atoms with E-state index in [-0.39, 0.29) is 24.0 Å². The standard InChI is InChI=1S/C17H23N5.HI/c1-12-8-13(2)10-14(9-12)21-17(18)20-11-15-16(22(3)4)6-5-7-19-15;/h5-10H,11H2,1-4H3,(H3,18,20,21);1H. The first-order valence-corrected chi connectivity index (χ1v) is 7.22. The monoisotopic (exact) mass is 425 g/mol. The van der Waals surface area contributed by atoms with E-state index in [1.807, 2.05) is 43.3 Å². The summed E-state index contributed by atoms with van der Waals surface area (Å²) >= 11 is 0. The lowest BCUT2D eigenvalue weighted by molar-refractivity contribution is 0.958. The molecule has 0 aliphatic rings. The van der Waals surface area contributed by atoms with Crippen LogP contribution in [0.3, 0.4) is 0 Å². The summed E-state index contributed by atoms with van der Waals surface area (Å²) in [5.41, 5.74) is 11.3. The highest BCUT2D eigenvalue weighted by atomic mass is 127. The van der Waals surface area contributed by atoms with E-state index >= 15 is 0 Å². The summed E-state index contributed by atoms with van der Waals surface area (Å²) in [5, 5.41) is 3.13. The average molecular weight is 425 g/mol. The highest BCUT2D eigenvalue weighted by molar-refractivity contribution is 14.0. The van der Waals surface area contributed by atoms with Gasteiger partial charge >= 0.3 is 0 Å². The summed E-state index contributed by atoms with van der Waals surface area (Å²) < 4.78 is 0.